The summed E-state index contributed by atoms with van der Waals surface area (Å²) in [5, 5.41) is 10.2. The number of fused-ring (bicyclic) bond motifs is 8. The quantitative estimate of drug-likeness (QED) is 0.248. The van der Waals surface area contributed by atoms with E-state index in [9.17, 15) is 5.26 Å². The molecular weight excluding hydrogens is 496 g/mol. The van der Waals surface area contributed by atoms with Crippen molar-refractivity contribution < 1.29 is 0 Å². The van der Waals surface area contributed by atoms with Crippen LogP contribution in [0.4, 0.5) is 17.1 Å². The molecule has 1 saturated carbocycles. The highest BCUT2D eigenvalue weighted by Gasteiger charge is 2.52. The molecule has 1 spiro atoms. The number of nitrogens with zero attached hydrogens (tertiary/aromatic N) is 2. The van der Waals surface area contributed by atoms with Gasteiger partial charge in [-0.3, -0.25) is 0 Å². The lowest BCUT2D eigenvalue weighted by molar-refractivity contribution is 0.168. The van der Waals surface area contributed by atoms with Crippen molar-refractivity contribution in [3.63, 3.8) is 0 Å². The summed E-state index contributed by atoms with van der Waals surface area (Å²) < 4.78 is 0. The van der Waals surface area contributed by atoms with Gasteiger partial charge < -0.3 is 4.90 Å². The molecule has 3 aliphatic carbocycles. The molecule has 1 fully saturated rings. The van der Waals surface area contributed by atoms with Gasteiger partial charge in [0.05, 0.1) is 16.7 Å². The molecule has 192 valence electrons. The van der Waals surface area contributed by atoms with Crippen LogP contribution in [0.25, 0.3) is 11.1 Å². The van der Waals surface area contributed by atoms with Gasteiger partial charge in [-0.25, -0.2) is 0 Å². The van der Waals surface area contributed by atoms with E-state index in [4.69, 9.17) is 11.6 Å². The number of anilines is 3. The van der Waals surface area contributed by atoms with Crippen LogP contribution in [0.15, 0.2) is 103 Å². The van der Waals surface area contributed by atoms with Crippen LogP contribution in [0.5, 0.6) is 0 Å². The minimum absolute atomic E-state index is 0.173. The standard InChI is InChI=1S/C36H31ClN2/c1-23-16-26-18-27(17-23)36(21-24(26)2)32-11-7-6-10-31(32)35-33(36)19-30(20-34(35)37)39(28-8-4-3-5-9-28)29-14-12-25(22-38)13-15-29/h3-15,19-21,23,26-27H,16-18H2,1-2H3. The van der Waals surface area contributed by atoms with E-state index >= 15 is 0 Å². The van der Waals surface area contributed by atoms with Crippen LogP contribution in [-0.4, -0.2) is 0 Å². The van der Waals surface area contributed by atoms with Crippen LogP contribution < -0.4 is 4.90 Å². The minimum atomic E-state index is -0.173. The third-order valence-corrected chi connectivity index (χ3v) is 9.67. The molecule has 2 bridgehead atoms. The van der Waals surface area contributed by atoms with Crippen molar-refractivity contribution >= 4 is 28.7 Å². The van der Waals surface area contributed by atoms with Crippen LogP contribution in [0.1, 0.15) is 49.8 Å². The summed E-state index contributed by atoms with van der Waals surface area (Å²) in [5.41, 5.74) is 10.3. The largest absolute Gasteiger partial charge is 0.310 e. The lowest BCUT2D eigenvalue weighted by Crippen LogP contribution is -2.42. The predicted molar refractivity (Wildman–Crippen MR) is 161 cm³/mol. The predicted octanol–water partition coefficient (Wildman–Crippen LogP) is 9.96. The number of para-hydroxylation sites is 1. The second-order valence-electron chi connectivity index (χ2n) is 11.7. The second kappa shape index (κ2) is 9.15. The summed E-state index contributed by atoms with van der Waals surface area (Å²) in [4.78, 5) is 2.26. The van der Waals surface area contributed by atoms with E-state index < -0.39 is 0 Å². The van der Waals surface area contributed by atoms with Crippen molar-refractivity contribution in [2.45, 2.75) is 38.5 Å². The Kier molecular flexibility index (Phi) is 5.69. The molecule has 39 heavy (non-hydrogen) atoms. The molecule has 4 aromatic carbocycles. The average Bonchev–Trinajstić information content (AvgIpc) is 3.23. The van der Waals surface area contributed by atoms with Gasteiger partial charge >= 0.3 is 0 Å². The molecule has 0 aliphatic heterocycles. The number of benzene rings is 4. The number of halogens is 1. The fourth-order valence-electron chi connectivity index (χ4n) is 7.77. The zero-order valence-electron chi connectivity index (χ0n) is 22.4. The van der Waals surface area contributed by atoms with Crippen LogP contribution in [0.3, 0.4) is 0 Å². The highest BCUT2D eigenvalue weighted by molar-refractivity contribution is 6.34. The van der Waals surface area contributed by atoms with Gasteiger partial charge in [-0.05, 0) is 109 Å². The summed E-state index contributed by atoms with van der Waals surface area (Å²) in [7, 11) is 0. The number of hydrogen-bond donors (Lipinski definition) is 0. The van der Waals surface area contributed by atoms with Crippen molar-refractivity contribution in [1.29, 1.82) is 5.26 Å². The monoisotopic (exact) mass is 526 g/mol. The maximum absolute atomic E-state index is 9.40. The number of nitriles is 1. The van der Waals surface area contributed by atoms with Gasteiger partial charge in [0.15, 0.2) is 0 Å². The number of allylic oxidation sites excluding steroid dienone is 2. The topological polar surface area (TPSA) is 27.0 Å². The third kappa shape index (κ3) is 3.68. The van der Waals surface area contributed by atoms with E-state index in [0.29, 0.717) is 23.3 Å². The van der Waals surface area contributed by atoms with Crippen LogP contribution in [0.2, 0.25) is 5.02 Å². The molecule has 0 amide bonds. The van der Waals surface area contributed by atoms with Crippen molar-refractivity contribution in [3.05, 3.63) is 124 Å². The Hall–Kier alpha value is -3.80. The zero-order chi connectivity index (χ0) is 26.7. The van der Waals surface area contributed by atoms with Crippen molar-refractivity contribution in [2.24, 2.45) is 17.8 Å². The first kappa shape index (κ1) is 24.3. The van der Waals surface area contributed by atoms with Crippen LogP contribution in [-0.2, 0) is 5.41 Å². The van der Waals surface area contributed by atoms with Gasteiger partial charge in [-0.15, -0.1) is 0 Å². The normalized spacial score (nSPS) is 24.5. The fraction of sp³-hybridized carbons (Fsp3) is 0.250. The highest BCUT2D eigenvalue weighted by Crippen LogP contribution is 2.63. The molecule has 4 unspecified atom stereocenters. The molecule has 0 radical (unpaired) electrons. The van der Waals surface area contributed by atoms with E-state index in [0.717, 1.165) is 22.1 Å². The van der Waals surface area contributed by atoms with Crippen molar-refractivity contribution in [2.75, 3.05) is 4.90 Å². The number of hydrogen-bond acceptors (Lipinski definition) is 2. The Morgan fingerprint density at radius 2 is 1.54 bits per heavy atom. The van der Waals surface area contributed by atoms with E-state index in [1.165, 1.54) is 47.1 Å². The molecule has 4 atom stereocenters. The maximum Gasteiger partial charge on any atom is 0.0991 e. The summed E-state index contributed by atoms with van der Waals surface area (Å²) >= 11 is 7.28. The van der Waals surface area contributed by atoms with E-state index in [-0.39, 0.29) is 5.41 Å². The Balaban J connectivity index is 1.49. The van der Waals surface area contributed by atoms with Gasteiger partial charge in [-0.2, -0.15) is 5.26 Å². The maximum atomic E-state index is 9.40. The average molecular weight is 527 g/mol. The van der Waals surface area contributed by atoms with E-state index in [1.807, 2.05) is 30.3 Å². The number of rotatable bonds is 3. The highest BCUT2D eigenvalue weighted by atomic mass is 35.5. The van der Waals surface area contributed by atoms with Gasteiger partial charge in [-0.1, -0.05) is 72.6 Å². The van der Waals surface area contributed by atoms with Gasteiger partial charge in [0.2, 0.25) is 0 Å². The molecule has 0 saturated heterocycles. The van der Waals surface area contributed by atoms with Crippen LogP contribution >= 0.6 is 11.6 Å². The molecule has 3 heteroatoms. The molecule has 3 aliphatic rings. The molecular formula is C36H31ClN2. The minimum Gasteiger partial charge on any atom is -0.310 e. The molecule has 4 aromatic rings. The zero-order valence-corrected chi connectivity index (χ0v) is 23.1. The Labute approximate surface area is 236 Å². The summed E-state index contributed by atoms with van der Waals surface area (Å²) in [6, 6.07) is 33.9. The SMILES string of the molecule is CC1=CC2(c3ccccc3-c3c(Cl)cc(N(c4ccccc4)c4ccc(C#N)cc4)cc32)C2CC(C)CC1C2. The van der Waals surface area contributed by atoms with Gasteiger partial charge in [0.1, 0.15) is 0 Å². The molecule has 7 rings (SSSR count). The lowest BCUT2D eigenvalue weighted by Gasteiger charge is -2.49. The van der Waals surface area contributed by atoms with Crippen molar-refractivity contribution in [3.8, 4) is 17.2 Å². The van der Waals surface area contributed by atoms with E-state index in [2.05, 4.69) is 91.6 Å². The Bertz CT molecular complexity index is 1650. The van der Waals surface area contributed by atoms with E-state index in [1.54, 1.807) is 0 Å². The smallest absolute Gasteiger partial charge is 0.0991 e. The first-order valence-electron chi connectivity index (χ1n) is 14.0. The summed E-state index contributed by atoms with van der Waals surface area (Å²) in [5.74, 6) is 1.94. The molecule has 0 heterocycles. The Morgan fingerprint density at radius 3 is 2.31 bits per heavy atom. The van der Waals surface area contributed by atoms with Crippen molar-refractivity contribution in [1.82, 2.24) is 0 Å². The summed E-state index contributed by atoms with van der Waals surface area (Å²) in [6.45, 7) is 4.78. The lowest BCUT2D eigenvalue weighted by atomic mass is 9.55. The molecule has 0 aromatic heterocycles. The molecule has 0 N–H and O–H groups in total. The first-order chi connectivity index (χ1) is 19.0. The van der Waals surface area contributed by atoms with Gasteiger partial charge in [0.25, 0.3) is 0 Å². The third-order valence-electron chi connectivity index (χ3n) is 9.38. The second-order valence-corrected chi connectivity index (χ2v) is 12.1. The first-order valence-corrected chi connectivity index (χ1v) is 14.4. The van der Waals surface area contributed by atoms with Gasteiger partial charge in [0, 0.05) is 28.0 Å². The fourth-order valence-corrected chi connectivity index (χ4v) is 8.09. The Morgan fingerprint density at radius 1 is 0.821 bits per heavy atom. The van der Waals surface area contributed by atoms with Crippen LogP contribution in [0, 0.1) is 29.1 Å². The molecule has 2 nitrogen and oxygen atoms in total. The summed E-state index contributed by atoms with van der Waals surface area (Å²) in [6.07, 6.45) is 6.37.